The van der Waals surface area contributed by atoms with Crippen molar-refractivity contribution in [2.24, 2.45) is 0 Å². The Balaban J connectivity index is 1.70. The summed E-state index contributed by atoms with van der Waals surface area (Å²) in [6.07, 6.45) is 0. The number of hydrogen-bond acceptors (Lipinski definition) is 5. The van der Waals surface area contributed by atoms with Crippen LogP contribution in [0.1, 0.15) is 22.8 Å². The molecule has 140 valence electrons. The minimum atomic E-state index is 0.0686. The first kappa shape index (κ1) is 15.6. The van der Waals surface area contributed by atoms with E-state index < -0.39 is 0 Å². The van der Waals surface area contributed by atoms with Gasteiger partial charge in [0, 0.05) is 24.0 Å². The minimum Gasteiger partial charge on any atom is -0.454 e. The zero-order valence-corrected chi connectivity index (χ0v) is 15.3. The fraction of sp³-hybridized carbons (Fsp3) is 0.227. The molecule has 0 radical (unpaired) electrons. The average molecular weight is 375 g/mol. The number of carbonyl (C=O) groups is 1. The van der Waals surface area contributed by atoms with Gasteiger partial charge in [-0.15, -0.1) is 0 Å². The molecule has 0 fully saturated rings. The third-order valence-corrected chi connectivity index (χ3v) is 5.66. The van der Waals surface area contributed by atoms with E-state index in [-0.39, 0.29) is 19.5 Å². The second-order valence-corrected chi connectivity index (χ2v) is 7.06. The van der Waals surface area contributed by atoms with Crippen molar-refractivity contribution in [2.75, 3.05) is 20.1 Å². The van der Waals surface area contributed by atoms with Crippen molar-refractivity contribution in [3.05, 3.63) is 47.5 Å². The molecule has 0 saturated heterocycles. The topological polar surface area (TPSA) is 57.2 Å². The maximum absolute atomic E-state index is 12.9. The van der Waals surface area contributed by atoms with Crippen LogP contribution in [0.25, 0.3) is 21.9 Å². The Morgan fingerprint density at radius 3 is 2.61 bits per heavy atom. The van der Waals surface area contributed by atoms with Gasteiger partial charge in [0.15, 0.2) is 23.0 Å². The monoisotopic (exact) mass is 375 g/mol. The number of fused-ring (bicyclic) bond motifs is 5. The smallest absolute Gasteiger partial charge is 0.254 e. The van der Waals surface area contributed by atoms with Crippen molar-refractivity contribution in [3.63, 3.8) is 0 Å². The van der Waals surface area contributed by atoms with Crippen LogP contribution in [0.15, 0.2) is 36.4 Å². The van der Waals surface area contributed by atoms with Crippen molar-refractivity contribution in [3.8, 4) is 34.1 Å². The summed E-state index contributed by atoms with van der Waals surface area (Å²) in [5.74, 6) is 2.97. The van der Waals surface area contributed by atoms with E-state index in [1.165, 1.54) is 0 Å². The van der Waals surface area contributed by atoms with Gasteiger partial charge in [0.25, 0.3) is 5.91 Å². The molecule has 3 aromatic carbocycles. The molecule has 6 nitrogen and oxygen atoms in total. The first-order valence-electron chi connectivity index (χ1n) is 9.32. The summed E-state index contributed by atoms with van der Waals surface area (Å²) < 4.78 is 22.5. The summed E-state index contributed by atoms with van der Waals surface area (Å²) in [7, 11) is 0. The molecule has 0 saturated carbocycles. The SMILES string of the molecule is CCN1Cc2c(cc3ccc4c(c3c2-c2ccc3c(c2)OCO3)OCO4)C1=O. The highest BCUT2D eigenvalue weighted by atomic mass is 16.7. The van der Waals surface area contributed by atoms with E-state index in [1.54, 1.807) is 0 Å². The van der Waals surface area contributed by atoms with E-state index in [1.807, 2.05) is 48.2 Å². The van der Waals surface area contributed by atoms with Gasteiger partial charge in [0.1, 0.15) is 0 Å². The Morgan fingerprint density at radius 1 is 0.929 bits per heavy atom. The molecule has 3 aliphatic heterocycles. The van der Waals surface area contributed by atoms with E-state index in [4.69, 9.17) is 18.9 Å². The van der Waals surface area contributed by atoms with E-state index in [0.29, 0.717) is 18.8 Å². The van der Waals surface area contributed by atoms with Crippen molar-refractivity contribution in [1.29, 1.82) is 0 Å². The van der Waals surface area contributed by atoms with Crippen LogP contribution in [-0.2, 0) is 6.54 Å². The number of ether oxygens (including phenoxy) is 4. The van der Waals surface area contributed by atoms with Gasteiger partial charge in [-0.3, -0.25) is 4.79 Å². The first-order valence-corrected chi connectivity index (χ1v) is 9.32. The Kier molecular flexibility index (Phi) is 3.10. The van der Waals surface area contributed by atoms with Crippen LogP contribution in [0.5, 0.6) is 23.0 Å². The molecule has 3 aliphatic rings. The van der Waals surface area contributed by atoms with Crippen molar-refractivity contribution in [2.45, 2.75) is 13.5 Å². The number of amides is 1. The van der Waals surface area contributed by atoms with Crippen molar-refractivity contribution < 1.29 is 23.7 Å². The number of hydrogen-bond donors (Lipinski definition) is 0. The molecule has 28 heavy (non-hydrogen) atoms. The maximum Gasteiger partial charge on any atom is 0.254 e. The third-order valence-electron chi connectivity index (χ3n) is 5.66. The zero-order chi connectivity index (χ0) is 18.8. The lowest BCUT2D eigenvalue weighted by Crippen LogP contribution is -2.22. The quantitative estimate of drug-likeness (QED) is 0.679. The van der Waals surface area contributed by atoms with E-state index in [9.17, 15) is 4.79 Å². The molecule has 0 aliphatic carbocycles. The second-order valence-electron chi connectivity index (χ2n) is 7.06. The lowest BCUT2D eigenvalue weighted by atomic mass is 9.90. The Labute approximate surface area is 161 Å². The number of nitrogens with zero attached hydrogens (tertiary/aromatic N) is 1. The van der Waals surface area contributed by atoms with Gasteiger partial charge in [0.2, 0.25) is 13.6 Å². The van der Waals surface area contributed by atoms with Crippen LogP contribution in [0, 0.1) is 0 Å². The molecular formula is C22H17NO5. The van der Waals surface area contributed by atoms with Gasteiger partial charge in [-0.2, -0.15) is 0 Å². The Hall–Kier alpha value is -3.41. The molecule has 3 heterocycles. The van der Waals surface area contributed by atoms with Gasteiger partial charge in [-0.1, -0.05) is 12.1 Å². The van der Waals surface area contributed by atoms with E-state index in [2.05, 4.69) is 0 Å². The Bertz CT molecular complexity index is 1170. The van der Waals surface area contributed by atoms with E-state index in [0.717, 1.165) is 50.3 Å². The first-order chi connectivity index (χ1) is 13.7. The van der Waals surface area contributed by atoms with Gasteiger partial charge in [-0.25, -0.2) is 0 Å². The summed E-state index contributed by atoms with van der Waals surface area (Å²) in [6.45, 7) is 3.67. The van der Waals surface area contributed by atoms with Crippen molar-refractivity contribution in [1.82, 2.24) is 4.90 Å². The summed E-state index contributed by atoms with van der Waals surface area (Å²) >= 11 is 0. The van der Waals surface area contributed by atoms with Gasteiger partial charge >= 0.3 is 0 Å². The van der Waals surface area contributed by atoms with Crippen molar-refractivity contribution >= 4 is 16.7 Å². The molecule has 0 bridgehead atoms. The highest BCUT2D eigenvalue weighted by Gasteiger charge is 2.33. The number of rotatable bonds is 2. The summed E-state index contributed by atoms with van der Waals surface area (Å²) in [5.41, 5.74) is 3.74. The molecule has 6 heteroatoms. The van der Waals surface area contributed by atoms with Crippen LogP contribution in [0.3, 0.4) is 0 Å². The average Bonchev–Trinajstić information content (AvgIpc) is 3.44. The summed E-state index contributed by atoms with van der Waals surface area (Å²) in [6, 6.07) is 11.8. The normalized spacial score (nSPS) is 16.2. The number of carbonyl (C=O) groups excluding carboxylic acids is 1. The summed E-state index contributed by atoms with van der Waals surface area (Å²) in [5, 5.41) is 1.93. The molecule has 6 rings (SSSR count). The van der Waals surface area contributed by atoms with Crippen LogP contribution in [0.4, 0.5) is 0 Å². The molecule has 3 aromatic rings. The highest BCUT2D eigenvalue weighted by molar-refractivity contribution is 6.11. The molecule has 0 N–H and O–H groups in total. The molecule has 0 aromatic heterocycles. The van der Waals surface area contributed by atoms with Crippen LogP contribution < -0.4 is 18.9 Å². The van der Waals surface area contributed by atoms with Crippen LogP contribution in [-0.4, -0.2) is 30.9 Å². The van der Waals surface area contributed by atoms with Crippen LogP contribution in [0.2, 0.25) is 0 Å². The number of benzene rings is 3. The fourth-order valence-electron chi connectivity index (χ4n) is 4.31. The molecule has 1 amide bonds. The molecule has 0 spiro atoms. The summed E-state index contributed by atoms with van der Waals surface area (Å²) in [4.78, 5) is 14.8. The van der Waals surface area contributed by atoms with E-state index >= 15 is 0 Å². The van der Waals surface area contributed by atoms with Gasteiger partial charge < -0.3 is 23.8 Å². The largest absolute Gasteiger partial charge is 0.454 e. The zero-order valence-electron chi connectivity index (χ0n) is 15.3. The highest BCUT2D eigenvalue weighted by Crippen LogP contribution is 2.49. The third kappa shape index (κ3) is 2.00. The standard InChI is InChI=1S/C22H17NO5/c1-2-23-9-15-14(22(23)24)7-12-4-6-17-21(28-11-26-17)20(12)19(15)13-3-5-16-18(8-13)27-10-25-16/h3-8H,2,9-11H2,1H3. The predicted molar refractivity (Wildman–Crippen MR) is 102 cm³/mol. The molecular weight excluding hydrogens is 358 g/mol. The molecule has 0 atom stereocenters. The maximum atomic E-state index is 12.9. The fourth-order valence-corrected chi connectivity index (χ4v) is 4.31. The Morgan fingerprint density at radius 2 is 1.71 bits per heavy atom. The second kappa shape index (κ2) is 5.55. The lowest BCUT2D eigenvalue weighted by Gasteiger charge is -2.15. The van der Waals surface area contributed by atoms with Gasteiger partial charge in [-0.05, 0) is 53.3 Å². The predicted octanol–water partition coefficient (Wildman–Crippen LogP) is 3.94. The molecule has 0 unspecified atom stereocenters. The van der Waals surface area contributed by atoms with Crippen LogP contribution >= 0.6 is 0 Å². The van der Waals surface area contributed by atoms with Gasteiger partial charge in [0.05, 0.1) is 0 Å². The minimum absolute atomic E-state index is 0.0686. The lowest BCUT2D eigenvalue weighted by molar-refractivity contribution is 0.0787.